The minimum Gasteiger partial charge on any atom is -0.478 e. The molecule has 0 radical (unpaired) electrons. The Labute approximate surface area is 120 Å². The predicted molar refractivity (Wildman–Crippen MR) is 76.3 cm³/mol. The van der Waals surface area contributed by atoms with Gasteiger partial charge in [0.15, 0.2) is 0 Å². The summed E-state index contributed by atoms with van der Waals surface area (Å²) in [5.41, 5.74) is 0.683. The zero-order chi connectivity index (χ0) is 13.8. The van der Waals surface area contributed by atoms with Crippen molar-refractivity contribution in [3.63, 3.8) is 0 Å². The zero-order valence-corrected chi connectivity index (χ0v) is 12.1. The summed E-state index contributed by atoms with van der Waals surface area (Å²) in [6, 6.07) is 4.80. The molecule has 0 unspecified atom stereocenters. The highest BCUT2D eigenvalue weighted by Crippen LogP contribution is 2.28. The number of hydrogen-bond donors (Lipinski definition) is 2. The number of carbonyl (C=O) groups excluding carboxylic acids is 1. The molecule has 0 aliphatic heterocycles. The van der Waals surface area contributed by atoms with E-state index in [4.69, 9.17) is 5.11 Å². The van der Waals surface area contributed by atoms with Crippen molar-refractivity contribution in [2.24, 2.45) is 5.92 Å². The van der Waals surface area contributed by atoms with E-state index in [0.717, 1.165) is 12.8 Å². The van der Waals surface area contributed by atoms with Crippen LogP contribution in [0.25, 0.3) is 0 Å². The smallest absolute Gasteiger partial charge is 0.336 e. The summed E-state index contributed by atoms with van der Waals surface area (Å²) in [6.45, 7) is 0. The van der Waals surface area contributed by atoms with Crippen LogP contribution in [0.15, 0.2) is 22.7 Å². The molecule has 1 aromatic carbocycles. The minimum absolute atomic E-state index is 0.0365. The third kappa shape index (κ3) is 3.80. The van der Waals surface area contributed by atoms with Crippen molar-refractivity contribution in [3.8, 4) is 0 Å². The van der Waals surface area contributed by atoms with E-state index in [1.807, 2.05) is 0 Å². The number of nitrogens with one attached hydrogen (secondary N) is 1. The lowest BCUT2D eigenvalue weighted by Crippen LogP contribution is -2.15. The molecule has 102 valence electrons. The number of rotatable bonds is 4. The summed E-state index contributed by atoms with van der Waals surface area (Å²) in [7, 11) is 0. The molecule has 1 aromatic rings. The van der Waals surface area contributed by atoms with Crippen LogP contribution in [0.2, 0.25) is 0 Å². The van der Waals surface area contributed by atoms with E-state index in [9.17, 15) is 9.59 Å². The molecule has 2 N–H and O–H groups in total. The number of amides is 1. The van der Waals surface area contributed by atoms with Gasteiger partial charge in [-0.25, -0.2) is 4.79 Å². The molecule has 19 heavy (non-hydrogen) atoms. The standard InChI is InChI=1S/C14H16BrNO3/c15-12-6-5-10(8-11(12)14(18)19)16-13(17)7-9-3-1-2-4-9/h5-6,8-9H,1-4,7H2,(H,16,17)(H,18,19). The van der Waals surface area contributed by atoms with E-state index >= 15 is 0 Å². The van der Waals surface area contributed by atoms with E-state index in [0.29, 0.717) is 22.5 Å². The molecule has 1 aliphatic carbocycles. The Morgan fingerprint density at radius 2 is 2.00 bits per heavy atom. The SMILES string of the molecule is O=C(CC1CCCC1)Nc1ccc(Br)c(C(=O)O)c1. The average Bonchev–Trinajstić information content (AvgIpc) is 2.84. The largest absolute Gasteiger partial charge is 0.478 e. The van der Waals surface area contributed by atoms with Gasteiger partial charge >= 0.3 is 5.97 Å². The zero-order valence-electron chi connectivity index (χ0n) is 10.5. The van der Waals surface area contributed by atoms with Gasteiger partial charge < -0.3 is 10.4 Å². The van der Waals surface area contributed by atoms with Crippen LogP contribution < -0.4 is 5.32 Å². The predicted octanol–water partition coefficient (Wildman–Crippen LogP) is 3.67. The average molecular weight is 326 g/mol. The Hall–Kier alpha value is -1.36. The van der Waals surface area contributed by atoms with Gasteiger partial charge in [0.25, 0.3) is 0 Å². The fourth-order valence-corrected chi connectivity index (χ4v) is 2.87. The van der Waals surface area contributed by atoms with Crippen LogP contribution in [-0.4, -0.2) is 17.0 Å². The van der Waals surface area contributed by atoms with Crippen molar-refractivity contribution in [1.82, 2.24) is 0 Å². The van der Waals surface area contributed by atoms with Gasteiger partial charge in [0.05, 0.1) is 5.56 Å². The quantitative estimate of drug-likeness (QED) is 0.887. The van der Waals surface area contributed by atoms with Crippen LogP contribution in [0, 0.1) is 5.92 Å². The topological polar surface area (TPSA) is 66.4 Å². The summed E-state index contributed by atoms with van der Waals surface area (Å²) in [5.74, 6) is -0.571. The molecule has 0 heterocycles. The Bertz CT molecular complexity index is 495. The van der Waals surface area contributed by atoms with Crippen LogP contribution in [0.1, 0.15) is 42.5 Å². The number of carboxylic acid groups (broad SMARTS) is 1. The first-order valence-electron chi connectivity index (χ1n) is 6.39. The maximum atomic E-state index is 11.9. The van der Waals surface area contributed by atoms with Gasteiger partial charge in [0, 0.05) is 16.6 Å². The van der Waals surface area contributed by atoms with Gasteiger partial charge in [0.2, 0.25) is 5.91 Å². The molecule has 1 saturated carbocycles. The molecule has 0 atom stereocenters. The fraction of sp³-hybridized carbons (Fsp3) is 0.429. The highest BCUT2D eigenvalue weighted by atomic mass is 79.9. The maximum Gasteiger partial charge on any atom is 0.336 e. The number of aromatic carboxylic acids is 1. The summed E-state index contributed by atoms with van der Waals surface area (Å²) >= 11 is 3.17. The van der Waals surface area contributed by atoms with Crippen molar-refractivity contribution in [1.29, 1.82) is 0 Å². The summed E-state index contributed by atoms with van der Waals surface area (Å²) in [6.07, 6.45) is 5.18. The molecule has 0 aromatic heterocycles. The number of anilines is 1. The van der Waals surface area contributed by atoms with E-state index in [2.05, 4.69) is 21.2 Å². The van der Waals surface area contributed by atoms with Gasteiger partial charge in [-0.1, -0.05) is 12.8 Å². The third-order valence-electron chi connectivity index (χ3n) is 3.43. The van der Waals surface area contributed by atoms with Gasteiger partial charge in [0.1, 0.15) is 0 Å². The summed E-state index contributed by atoms with van der Waals surface area (Å²) in [4.78, 5) is 22.9. The van der Waals surface area contributed by atoms with Crippen molar-refractivity contribution >= 4 is 33.5 Å². The van der Waals surface area contributed by atoms with Crippen LogP contribution in [0.4, 0.5) is 5.69 Å². The lowest BCUT2D eigenvalue weighted by molar-refractivity contribution is -0.117. The summed E-state index contributed by atoms with van der Waals surface area (Å²) < 4.78 is 0.508. The van der Waals surface area contributed by atoms with Crippen molar-refractivity contribution < 1.29 is 14.7 Å². The van der Waals surface area contributed by atoms with Crippen LogP contribution >= 0.6 is 15.9 Å². The highest BCUT2D eigenvalue weighted by Gasteiger charge is 2.18. The monoisotopic (exact) mass is 325 g/mol. The first-order valence-corrected chi connectivity index (χ1v) is 7.18. The molecule has 4 nitrogen and oxygen atoms in total. The van der Waals surface area contributed by atoms with E-state index in [-0.39, 0.29) is 11.5 Å². The van der Waals surface area contributed by atoms with Crippen molar-refractivity contribution in [2.75, 3.05) is 5.32 Å². The van der Waals surface area contributed by atoms with Crippen LogP contribution in [-0.2, 0) is 4.79 Å². The van der Waals surface area contributed by atoms with Crippen molar-refractivity contribution in [3.05, 3.63) is 28.2 Å². The number of carbonyl (C=O) groups is 2. The lowest BCUT2D eigenvalue weighted by atomic mass is 10.0. The molecule has 1 aliphatic rings. The number of benzene rings is 1. The molecular weight excluding hydrogens is 310 g/mol. The molecule has 0 spiro atoms. The Morgan fingerprint density at radius 1 is 1.32 bits per heavy atom. The number of hydrogen-bond acceptors (Lipinski definition) is 2. The second-order valence-electron chi connectivity index (χ2n) is 4.90. The molecule has 1 fully saturated rings. The minimum atomic E-state index is -1.02. The number of halogens is 1. The number of carboxylic acids is 1. The summed E-state index contributed by atoms with van der Waals surface area (Å²) in [5, 5.41) is 11.8. The molecule has 1 amide bonds. The molecule has 0 saturated heterocycles. The second-order valence-corrected chi connectivity index (χ2v) is 5.76. The van der Waals surface area contributed by atoms with Crippen LogP contribution in [0.3, 0.4) is 0 Å². The van der Waals surface area contributed by atoms with Gasteiger partial charge in [-0.05, 0) is 52.9 Å². The van der Waals surface area contributed by atoms with E-state index < -0.39 is 5.97 Å². The lowest BCUT2D eigenvalue weighted by Gasteiger charge is -2.10. The maximum absolute atomic E-state index is 11.9. The Balaban J connectivity index is 2.00. The Morgan fingerprint density at radius 3 is 2.63 bits per heavy atom. The first kappa shape index (κ1) is 14.1. The third-order valence-corrected chi connectivity index (χ3v) is 4.12. The first-order chi connectivity index (χ1) is 9.06. The van der Waals surface area contributed by atoms with Gasteiger partial charge in [-0.15, -0.1) is 0 Å². The van der Waals surface area contributed by atoms with Crippen molar-refractivity contribution in [2.45, 2.75) is 32.1 Å². The normalized spacial score (nSPS) is 15.4. The highest BCUT2D eigenvalue weighted by molar-refractivity contribution is 9.10. The molecule has 0 bridgehead atoms. The van der Waals surface area contributed by atoms with Crippen LogP contribution in [0.5, 0.6) is 0 Å². The second kappa shape index (κ2) is 6.19. The fourth-order valence-electron chi connectivity index (χ4n) is 2.46. The van der Waals surface area contributed by atoms with Gasteiger partial charge in [-0.2, -0.15) is 0 Å². The molecular formula is C14H16BrNO3. The van der Waals surface area contributed by atoms with E-state index in [1.54, 1.807) is 12.1 Å². The van der Waals surface area contributed by atoms with E-state index in [1.165, 1.54) is 18.9 Å². The van der Waals surface area contributed by atoms with Gasteiger partial charge in [-0.3, -0.25) is 4.79 Å². The molecule has 2 rings (SSSR count). The molecule has 5 heteroatoms. The Kier molecular flexibility index (Phi) is 4.58.